The van der Waals surface area contributed by atoms with E-state index in [0.29, 0.717) is 23.8 Å². The Morgan fingerprint density at radius 2 is 2.04 bits per heavy atom. The van der Waals surface area contributed by atoms with Gasteiger partial charge in [0.2, 0.25) is 5.91 Å². The van der Waals surface area contributed by atoms with Gasteiger partial charge in [0.25, 0.3) is 0 Å². The molecular weight excluding hydrogens is 372 g/mol. The number of hydrogen-bond acceptors (Lipinski definition) is 5. The van der Waals surface area contributed by atoms with Gasteiger partial charge < -0.3 is 10.1 Å². The second-order valence-corrected chi connectivity index (χ2v) is 7.41. The zero-order chi connectivity index (χ0) is 19.1. The van der Waals surface area contributed by atoms with Crippen LogP contribution >= 0.6 is 23.4 Å². The van der Waals surface area contributed by atoms with Crippen LogP contribution in [0.1, 0.15) is 19.7 Å². The van der Waals surface area contributed by atoms with Gasteiger partial charge in [0.1, 0.15) is 11.6 Å². The Bertz CT molecular complexity index is 759. The first kappa shape index (κ1) is 20.3. The smallest absolute Gasteiger partial charge is 0.222 e. The fraction of sp³-hybridized carbons (Fsp3) is 0.389. The van der Waals surface area contributed by atoms with E-state index >= 15 is 0 Å². The molecule has 0 bridgehead atoms. The number of aromatic nitrogens is 3. The number of benzene rings is 1. The number of rotatable bonds is 9. The van der Waals surface area contributed by atoms with Crippen LogP contribution in [-0.4, -0.2) is 40.1 Å². The molecule has 0 aliphatic rings. The predicted octanol–water partition coefficient (Wildman–Crippen LogP) is 3.44. The molecule has 0 aliphatic carbocycles. The van der Waals surface area contributed by atoms with Gasteiger partial charge >= 0.3 is 0 Å². The van der Waals surface area contributed by atoms with Crippen molar-refractivity contribution in [3.63, 3.8) is 0 Å². The third kappa shape index (κ3) is 5.51. The van der Waals surface area contributed by atoms with E-state index in [9.17, 15) is 4.79 Å². The lowest BCUT2D eigenvalue weighted by Crippen LogP contribution is -2.30. The van der Waals surface area contributed by atoms with Crippen molar-refractivity contribution in [3.8, 4) is 11.4 Å². The Labute approximate surface area is 163 Å². The number of methoxy groups -OCH3 is 1. The Kier molecular flexibility index (Phi) is 7.53. The average Bonchev–Trinajstić information content (AvgIpc) is 3.02. The SMILES string of the molecule is C=C(Cl)CSc1nnc(CCNC(=O)C(C)C)n1-c1ccc(OC)cc1. The number of hydrogen-bond donors (Lipinski definition) is 1. The fourth-order valence-corrected chi connectivity index (χ4v) is 3.08. The van der Waals surface area contributed by atoms with Crippen LogP contribution in [0.2, 0.25) is 0 Å². The maximum atomic E-state index is 11.7. The van der Waals surface area contributed by atoms with Crippen molar-refractivity contribution in [3.05, 3.63) is 41.7 Å². The summed E-state index contributed by atoms with van der Waals surface area (Å²) in [5.41, 5.74) is 0.920. The molecule has 2 aromatic rings. The van der Waals surface area contributed by atoms with Crippen LogP contribution in [0.3, 0.4) is 0 Å². The van der Waals surface area contributed by atoms with Gasteiger partial charge in [0.15, 0.2) is 5.16 Å². The number of ether oxygens (including phenoxy) is 1. The van der Waals surface area contributed by atoms with Crippen LogP contribution in [0, 0.1) is 5.92 Å². The van der Waals surface area contributed by atoms with Crippen LogP contribution in [0.5, 0.6) is 5.75 Å². The highest BCUT2D eigenvalue weighted by Crippen LogP contribution is 2.25. The molecule has 0 saturated carbocycles. The van der Waals surface area contributed by atoms with Crippen LogP contribution < -0.4 is 10.1 Å². The third-order valence-corrected chi connectivity index (χ3v) is 4.87. The van der Waals surface area contributed by atoms with Crippen molar-refractivity contribution in [1.29, 1.82) is 0 Å². The molecule has 1 aromatic heterocycles. The zero-order valence-corrected chi connectivity index (χ0v) is 16.7. The normalized spacial score (nSPS) is 10.8. The van der Waals surface area contributed by atoms with Crippen LogP contribution in [-0.2, 0) is 11.2 Å². The van der Waals surface area contributed by atoms with E-state index in [4.69, 9.17) is 16.3 Å². The highest BCUT2D eigenvalue weighted by atomic mass is 35.5. The van der Waals surface area contributed by atoms with Crippen molar-refractivity contribution in [2.75, 3.05) is 19.4 Å². The maximum absolute atomic E-state index is 11.7. The summed E-state index contributed by atoms with van der Waals surface area (Å²) < 4.78 is 7.18. The molecule has 26 heavy (non-hydrogen) atoms. The second kappa shape index (κ2) is 9.64. The van der Waals surface area contributed by atoms with Crippen LogP contribution in [0.15, 0.2) is 41.0 Å². The molecule has 2 rings (SSSR count). The minimum Gasteiger partial charge on any atom is -0.497 e. The summed E-state index contributed by atoms with van der Waals surface area (Å²) >= 11 is 7.35. The summed E-state index contributed by atoms with van der Waals surface area (Å²) in [4.78, 5) is 11.7. The number of carbonyl (C=O) groups is 1. The quantitative estimate of drug-likeness (QED) is 0.660. The van der Waals surface area contributed by atoms with Crippen molar-refractivity contribution in [1.82, 2.24) is 20.1 Å². The number of amides is 1. The van der Waals surface area contributed by atoms with E-state index in [0.717, 1.165) is 22.4 Å². The van der Waals surface area contributed by atoms with Crippen LogP contribution in [0.4, 0.5) is 0 Å². The maximum Gasteiger partial charge on any atom is 0.222 e. The molecule has 0 spiro atoms. The molecule has 1 aromatic carbocycles. The zero-order valence-electron chi connectivity index (χ0n) is 15.2. The summed E-state index contributed by atoms with van der Waals surface area (Å²) in [7, 11) is 1.63. The van der Waals surface area contributed by atoms with Crippen molar-refractivity contribution in [2.45, 2.75) is 25.4 Å². The number of carbonyl (C=O) groups excluding carboxylic acids is 1. The van der Waals surface area contributed by atoms with Crippen molar-refractivity contribution in [2.24, 2.45) is 5.92 Å². The molecule has 0 saturated heterocycles. The largest absolute Gasteiger partial charge is 0.497 e. The first-order chi connectivity index (χ1) is 12.4. The van der Waals surface area contributed by atoms with E-state index in [1.807, 2.05) is 42.7 Å². The Hall–Kier alpha value is -1.99. The molecule has 1 heterocycles. The summed E-state index contributed by atoms with van der Waals surface area (Å²) in [5.74, 6) is 2.06. The average molecular weight is 395 g/mol. The number of halogens is 1. The Morgan fingerprint density at radius 3 is 2.62 bits per heavy atom. The van der Waals surface area contributed by atoms with E-state index in [1.54, 1.807) is 7.11 Å². The third-order valence-electron chi connectivity index (χ3n) is 3.56. The van der Waals surface area contributed by atoms with E-state index in [1.165, 1.54) is 11.8 Å². The molecule has 8 heteroatoms. The summed E-state index contributed by atoms with van der Waals surface area (Å²) in [6, 6.07) is 7.65. The van der Waals surface area contributed by atoms with Gasteiger partial charge in [-0.15, -0.1) is 10.2 Å². The standard InChI is InChI=1S/C18H23ClN4O2S/c1-12(2)17(24)20-10-9-16-21-22-18(26-11-13(3)19)23(16)14-5-7-15(25-4)8-6-14/h5-8,12H,3,9-11H2,1-2,4H3,(H,20,24). The molecule has 0 atom stereocenters. The predicted molar refractivity (Wildman–Crippen MR) is 105 cm³/mol. The molecule has 0 aliphatic heterocycles. The van der Waals surface area contributed by atoms with Gasteiger partial charge in [0, 0.05) is 35.4 Å². The van der Waals surface area contributed by atoms with E-state index in [2.05, 4.69) is 22.1 Å². The lowest BCUT2D eigenvalue weighted by Gasteiger charge is -2.12. The summed E-state index contributed by atoms with van der Waals surface area (Å²) in [6.45, 7) is 7.94. The summed E-state index contributed by atoms with van der Waals surface area (Å²) in [6.07, 6.45) is 0.569. The van der Waals surface area contributed by atoms with E-state index in [-0.39, 0.29) is 11.8 Å². The second-order valence-electron chi connectivity index (χ2n) is 5.93. The first-order valence-corrected chi connectivity index (χ1v) is 9.61. The molecule has 1 amide bonds. The molecule has 0 radical (unpaired) electrons. The summed E-state index contributed by atoms with van der Waals surface area (Å²) in [5, 5.41) is 12.7. The van der Waals surface area contributed by atoms with Gasteiger partial charge in [-0.1, -0.05) is 43.8 Å². The monoisotopic (exact) mass is 394 g/mol. The highest BCUT2D eigenvalue weighted by molar-refractivity contribution is 7.99. The molecule has 1 N–H and O–H groups in total. The number of thioether (sulfide) groups is 1. The van der Waals surface area contributed by atoms with Gasteiger partial charge in [-0.2, -0.15) is 0 Å². The molecule has 6 nitrogen and oxygen atoms in total. The topological polar surface area (TPSA) is 69.0 Å². The van der Waals surface area contributed by atoms with Gasteiger partial charge in [0.05, 0.1) is 7.11 Å². The highest BCUT2D eigenvalue weighted by Gasteiger charge is 2.15. The van der Waals surface area contributed by atoms with Gasteiger partial charge in [-0.05, 0) is 24.3 Å². The van der Waals surface area contributed by atoms with Gasteiger partial charge in [-0.25, -0.2) is 0 Å². The fourth-order valence-electron chi connectivity index (χ4n) is 2.19. The Morgan fingerprint density at radius 1 is 1.35 bits per heavy atom. The van der Waals surface area contributed by atoms with Crippen LogP contribution in [0.25, 0.3) is 5.69 Å². The lowest BCUT2D eigenvalue weighted by molar-refractivity contribution is -0.123. The number of nitrogens with zero attached hydrogens (tertiary/aromatic N) is 3. The van der Waals surface area contributed by atoms with Crippen molar-refractivity contribution < 1.29 is 9.53 Å². The number of nitrogens with one attached hydrogen (secondary N) is 1. The van der Waals surface area contributed by atoms with Crippen molar-refractivity contribution >= 4 is 29.3 Å². The first-order valence-electron chi connectivity index (χ1n) is 8.25. The molecule has 0 unspecified atom stereocenters. The van der Waals surface area contributed by atoms with Gasteiger partial charge in [-0.3, -0.25) is 9.36 Å². The minimum absolute atomic E-state index is 0.0218. The Balaban J connectivity index is 2.23. The molecule has 0 fully saturated rings. The van der Waals surface area contributed by atoms with E-state index < -0.39 is 0 Å². The lowest BCUT2D eigenvalue weighted by atomic mass is 10.2. The minimum atomic E-state index is -0.0460. The molecule has 140 valence electrons. The molecular formula is C18H23ClN4O2S.